The Morgan fingerprint density at radius 1 is 1.07 bits per heavy atom. The van der Waals surface area contributed by atoms with Gasteiger partial charge >= 0.3 is 0 Å². The van der Waals surface area contributed by atoms with Crippen molar-refractivity contribution in [2.24, 2.45) is 0 Å². The molecule has 3 aromatic rings. The maximum atomic E-state index is 12.0. The quantitative estimate of drug-likeness (QED) is 0.566. The lowest BCUT2D eigenvalue weighted by Crippen LogP contribution is -2.39. The molecule has 0 radical (unpaired) electrons. The average Bonchev–Trinajstić information content (AvgIpc) is 2.67. The monoisotopic (exact) mass is 380 g/mol. The number of H-pyrrole nitrogens is 1. The second-order valence-corrected chi connectivity index (χ2v) is 7.46. The number of pyridine rings is 1. The van der Waals surface area contributed by atoms with Crippen LogP contribution >= 0.6 is 0 Å². The van der Waals surface area contributed by atoms with Crippen LogP contribution < -0.4 is 15.6 Å². The summed E-state index contributed by atoms with van der Waals surface area (Å²) < 4.78 is 6.02. The van der Waals surface area contributed by atoms with Crippen LogP contribution in [0.2, 0.25) is 0 Å². The summed E-state index contributed by atoms with van der Waals surface area (Å²) in [5, 5.41) is 15.2. The van der Waals surface area contributed by atoms with Crippen LogP contribution in [0, 0.1) is 6.92 Å². The molecule has 0 amide bonds. The van der Waals surface area contributed by atoms with Crippen LogP contribution in [0.1, 0.15) is 44.4 Å². The minimum atomic E-state index is -0.700. The first-order valence-corrected chi connectivity index (χ1v) is 9.73. The molecule has 3 N–H and O–H groups in total. The molecule has 0 aliphatic carbocycles. The van der Waals surface area contributed by atoms with E-state index in [0.717, 1.165) is 22.9 Å². The molecule has 2 unspecified atom stereocenters. The maximum Gasteiger partial charge on any atom is 0.248 e. The van der Waals surface area contributed by atoms with Gasteiger partial charge in [0, 0.05) is 23.5 Å². The molecule has 0 saturated carbocycles. The van der Waals surface area contributed by atoms with Crippen LogP contribution in [0.25, 0.3) is 10.9 Å². The first-order valence-electron chi connectivity index (χ1n) is 9.73. The van der Waals surface area contributed by atoms with Crippen molar-refractivity contribution in [1.82, 2.24) is 10.3 Å². The Labute approximate surface area is 165 Å². The molecule has 5 nitrogen and oxygen atoms in total. The Kier molecular flexibility index (Phi) is 6.17. The topological polar surface area (TPSA) is 74.3 Å². The summed E-state index contributed by atoms with van der Waals surface area (Å²) in [5.74, 6) is 1.25. The van der Waals surface area contributed by atoms with Crippen LogP contribution in [0.15, 0.2) is 53.3 Å². The van der Waals surface area contributed by atoms with Gasteiger partial charge in [0.2, 0.25) is 5.56 Å². The van der Waals surface area contributed by atoms with Gasteiger partial charge < -0.3 is 20.1 Å². The van der Waals surface area contributed by atoms with E-state index in [2.05, 4.69) is 24.1 Å². The number of ether oxygens (including phenoxy) is 1. The third-order valence-electron chi connectivity index (χ3n) is 4.83. The van der Waals surface area contributed by atoms with E-state index in [0.29, 0.717) is 17.0 Å². The number of nitrogens with one attached hydrogen (secondary N) is 2. The summed E-state index contributed by atoms with van der Waals surface area (Å²) in [5.41, 5.74) is 2.29. The van der Waals surface area contributed by atoms with Gasteiger partial charge in [-0.15, -0.1) is 0 Å². The van der Waals surface area contributed by atoms with Crippen molar-refractivity contribution in [3.63, 3.8) is 0 Å². The summed E-state index contributed by atoms with van der Waals surface area (Å²) >= 11 is 0. The van der Waals surface area contributed by atoms with Crippen LogP contribution in [0.3, 0.4) is 0 Å². The number of aromatic nitrogens is 1. The summed E-state index contributed by atoms with van der Waals surface area (Å²) in [6.45, 7) is 8.18. The lowest BCUT2D eigenvalue weighted by Gasteiger charge is -2.26. The number of aromatic amines is 1. The van der Waals surface area contributed by atoms with Gasteiger partial charge in [-0.1, -0.05) is 44.5 Å². The zero-order valence-corrected chi connectivity index (χ0v) is 16.8. The Balaban J connectivity index is 2.04. The highest BCUT2D eigenvalue weighted by atomic mass is 16.5. The second kappa shape index (κ2) is 8.59. The van der Waals surface area contributed by atoms with E-state index in [1.807, 2.05) is 44.2 Å². The van der Waals surface area contributed by atoms with Crippen molar-refractivity contribution in [1.29, 1.82) is 0 Å². The number of benzene rings is 2. The van der Waals surface area contributed by atoms with Crippen molar-refractivity contribution in [2.45, 2.75) is 52.3 Å². The van der Waals surface area contributed by atoms with Crippen molar-refractivity contribution < 1.29 is 9.84 Å². The van der Waals surface area contributed by atoms with Crippen LogP contribution in [-0.4, -0.2) is 22.2 Å². The number of fused-ring (bicyclic) bond motifs is 1. The lowest BCUT2D eigenvalue weighted by atomic mass is 9.95. The fourth-order valence-electron chi connectivity index (χ4n) is 3.40. The van der Waals surface area contributed by atoms with Crippen molar-refractivity contribution in [3.05, 3.63) is 70.0 Å². The highest BCUT2D eigenvalue weighted by Crippen LogP contribution is 2.34. The first kappa shape index (κ1) is 20.1. The highest BCUT2D eigenvalue weighted by molar-refractivity contribution is 5.88. The molecule has 28 heavy (non-hydrogen) atoms. The molecule has 0 fully saturated rings. The molecular weight excluding hydrogens is 352 g/mol. The highest BCUT2D eigenvalue weighted by Gasteiger charge is 2.23. The predicted molar refractivity (Wildman–Crippen MR) is 113 cm³/mol. The number of aliphatic hydroxyl groups is 1. The minimum absolute atomic E-state index is 0.0843. The fraction of sp³-hybridized carbons (Fsp3) is 0.348. The zero-order valence-electron chi connectivity index (χ0n) is 16.8. The van der Waals surface area contributed by atoms with E-state index in [1.165, 1.54) is 6.07 Å². The third kappa shape index (κ3) is 4.43. The lowest BCUT2D eigenvalue weighted by molar-refractivity contribution is 0.123. The van der Waals surface area contributed by atoms with Crippen molar-refractivity contribution >= 4 is 10.9 Å². The second-order valence-electron chi connectivity index (χ2n) is 7.46. The molecule has 1 aromatic heterocycles. The van der Waals surface area contributed by atoms with Gasteiger partial charge in [0.05, 0.1) is 11.6 Å². The van der Waals surface area contributed by atoms with Crippen LogP contribution in [0.4, 0.5) is 0 Å². The number of aryl methyl sites for hydroxylation is 1. The minimum Gasteiger partial charge on any atom is -0.455 e. The number of aliphatic hydroxyl groups excluding tert-OH is 1. The molecule has 2 atom stereocenters. The smallest absolute Gasteiger partial charge is 0.248 e. The Bertz CT molecular complexity index is 993. The van der Waals surface area contributed by atoms with Crippen LogP contribution in [-0.2, 0) is 0 Å². The predicted octanol–water partition coefficient (Wildman–Crippen LogP) is 4.44. The molecule has 3 rings (SSSR count). The Morgan fingerprint density at radius 2 is 1.79 bits per heavy atom. The summed E-state index contributed by atoms with van der Waals surface area (Å²) in [6.07, 6.45) is 0.0838. The summed E-state index contributed by atoms with van der Waals surface area (Å²) in [7, 11) is 0. The third-order valence-corrected chi connectivity index (χ3v) is 4.83. The maximum absolute atomic E-state index is 12.0. The van der Waals surface area contributed by atoms with Gasteiger partial charge in [0.1, 0.15) is 5.75 Å². The van der Waals surface area contributed by atoms with Crippen LogP contribution in [0.5, 0.6) is 11.5 Å². The number of rotatable bonds is 7. The van der Waals surface area contributed by atoms with Gasteiger partial charge in [0.15, 0.2) is 5.75 Å². The summed E-state index contributed by atoms with van der Waals surface area (Å²) in [6, 6.07) is 14.8. The number of hydrogen-bond acceptors (Lipinski definition) is 4. The van der Waals surface area contributed by atoms with Gasteiger partial charge in [-0.3, -0.25) is 4.79 Å². The van der Waals surface area contributed by atoms with Gasteiger partial charge in [-0.05, 0) is 43.2 Å². The molecule has 2 aromatic carbocycles. The number of hydrogen-bond donors (Lipinski definition) is 3. The van der Waals surface area contributed by atoms with Gasteiger partial charge in [0.25, 0.3) is 0 Å². The fourth-order valence-corrected chi connectivity index (χ4v) is 3.40. The zero-order chi connectivity index (χ0) is 20.3. The molecule has 5 heteroatoms. The summed E-state index contributed by atoms with van der Waals surface area (Å²) in [4.78, 5) is 14.8. The molecule has 0 aliphatic rings. The van der Waals surface area contributed by atoms with E-state index in [4.69, 9.17) is 4.74 Å². The van der Waals surface area contributed by atoms with E-state index < -0.39 is 6.10 Å². The first-order chi connectivity index (χ1) is 13.4. The molecule has 0 saturated heterocycles. The van der Waals surface area contributed by atoms with E-state index in [1.54, 1.807) is 12.1 Å². The van der Waals surface area contributed by atoms with E-state index in [9.17, 15) is 9.90 Å². The van der Waals surface area contributed by atoms with E-state index >= 15 is 0 Å². The molecular formula is C23H28N2O3. The van der Waals surface area contributed by atoms with Crippen molar-refractivity contribution in [3.8, 4) is 11.5 Å². The molecule has 0 spiro atoms. The Hall–Kier alpha value is -2.63. The molecule has 0 aliphatic heterocycles. The van der Waals surface area contributed by atoms with Gasteiger partial charge in [-0.2, -0.15) is 0 Å². The molecule has 148 valence electrons. The standard InChI is InChI=1S/C23H28N2O3/c1-5-19(24-14(2)3)23(27)18-10-12-20(22-17(18)11-13-21(26)25-22)28-16-8-6-15(4)7-9-16/h6-14,19,23-24,27H,5H2,1-4H3,(H,25,26). The van der Waals surface area contributed by atoms with Gasteiger partial charge in [-0.25, -0.2) is 0 Å². The molecule has 0 bridgehead atoms. The van der Waals surface area contributed by atoms with Crippen molar-refractivity contribution in [2.75, 3.05) is 0 Å². The SMILES string of the molecule is CCC(NC(C)C)C(O)c1ccc(Oc2ccc(C)cc2)c2[nH]c(=O)ccc12. The van der Waals surface area contributed by atoms with E-state index in [-0.39, 0.29) is 17.6 Å². The molecule has 1 heterocycles. The normalized spacial score (nSPS) is 13.6. The Morgan fingerprint density at radius 3 is 2.43 bits per heavy atom. The average molecular weight is 380 g/mol. The largest absolute Gasteiger partial charge is 0.455 e.